The molecule has 1 atom stereocenters. The van der Waals surface area contributed by atoms with Gasteiger partial charge in [-0.05, 0) is 44.0 Å². The Kier molecular flexibility index (Phi) is 7.04. The molecule has 1 fully saturated rings. The highest BCUT2D eigenvalue weighted by molar-refractivity contribution is 8.00. The van der Waals surface area contributed by atoms with Crippen LogP contribution in [0.2, 0.25) is 0 Å². The average molecular weight is 415 g/mol. The molecule has 1 unspecified atom stereocenters. The highest BCUT2D eigenvalue weighted by Gasteiger charge is 2.27. The number of hydrogen-bond donors (Lipinski definition) is 1. The first-order valence-corrected chi connectivity index (χ1v) is 10.6. The number of ether oxygens (including phenoxy) is 2. The molecular weight excluding hydrogens is 388 g/mol. The maximum absolute atomic E-state index is 13.0. The highest BCUT2D eigenvalue weighted by atomic mass is 32.2. The molecule has 1 aliphatic heterocycles. The largest absolute Gasteiger partial charge is 0.493 e. The molecule has 2 aromatic rings. The van der Waals surface area contributed by atoms with E-state index in [1.807, 2.05) is 35.2 Å². The summed E-state index contributed by atoms with van der Waals surface area (Å²) in [6, 6.07) is 13.3. The second kappa shape index (κ2) is 9.69. The second-order valence-corrected chi connectivity index (χ2v) is 7.95. The monoisotopic (exact) mass is 414 g/mol. The lowest BCUT2D eigenvalue weighted by Crippen LogP contribution is -2.33. The molecule has 29 heavy (non-hydrogen) atoms. The van der Waals surface area contributed by atoms with Crippen molar-refractivity contribution in [3.05, 3.63) is 48.0 Å². The topological polar surface area (TPSA) is 67.9 Å². The quantitative estimate of drug-likeness (QED) is 0.692. The molecule has 0 spiro atoms. The lowest BCUT2D eigenvalue weighted by molar-refractivity contribution is -0.113. The minimum absolute atomic E-state index is 0.0647. The molecule has 2 aromatic carbocycles. The summed E-state index contributed by atoms with van der Waals surface area (Å²) in [5, 5.41) is 2.87. The van der Waals surface area contributed by atoms with Gasteiger partial charge in [0.05, 0.1) is 25.7 Å². The first-order chi connectivity index (χ1) is 14.0. The number of likely N-dealkylation sites (tertiary alicyclic amines) is 1. The summed E-state index contributed by atoms with van der Waals surface area (Å²) in [6.07, 6.45) is 2.00. The van der Waals surface area contributed by atoms with E-state index < -0.39 is 0 Å². The molecule has 154 valence electrons. The van der Waals surface area contributed by atoms with Crippen molar-refractivity contribution in [3.63, 3.8) is 0 Å². The Morgan fingerprint density at radius 2 is 1.93 bits per heavy atom. The van der Waals surface area contributed by atoms with Crippen LogP contribution in [0.15, 0.2) is 47.4 Å². The number of nitrogens with one attached hydrogen (secondary N) is 1. The molecular formula is C22H26N2O4S. The molecule has 0 aromatic heterocycles. The number of rotatable bonds is 7. The Hall–Kier alpha value is -2.67. The van der Waals surface area contributed by atoms with Gasteiger partial charge in [0.2, 0.25) is 5.91 Å². The van der Waals surface area contributed by atoms with Gasteiger partial charge < -0.3 is 19.7 Å². The minimum Gasteiger partial charge on any atom is -0.493 e. The average Bonchev–Trinajstić information content (AvgIpc) is 3.17. The Balaban J connectivity index is 1.80. The van der Waals surface area contributed by atoms with Gasteiger partial charge in [0.1, 0.15) is 0 Å². The van der Waals surface area contributed by atoms with Gasteiger partial charge in [0, 0.05) is 23.0 Å². The Bertz CT molecular complexity index is 873. The zero-order valence-corrected chi connectivity index (χ0v) is 17.8. The predicted molar refractivity (Wildman–Crippen MR) is 115 cm³/mol. The fourth-order valence-corrected chi connectivity index (χ4v) is 4.15. The van der Waals surface area contributed by atoms with Gasteiger partial charge in [-0.25, -0.2) is 0 Å². The van der Waals surface area contributed by atoms with E-state index in [0.717, 1.165) is 24.3 Å². The van der Waals surface area contributed by atoms with E-state index in [1.165, 1.54) is 26.0 Å². The maximum atomic E-state index is 13.0. The zero-order chi connectivity index (χ0) is 20.8. The van der Waals surface area contributed by atoms with Gasteiger partial charge >= 0.3 is 0 Å². The third kappa shape index (κ3) is 5.03. The Morgan fingerprint density at radius 3 is 2.55 bits per heavy atom. The predicted octanol–water partition coefficient (Wildman–Crippen LogP) is 4.06. The van der Waals surface area contributed by atoms with Crippen LogP contribution in [0.1, 0.15) is 30.1 Å². The number of nitrogens with zero attached hydrogens (tertiary/aromatic N) is 1. The van der Waals surface area contributed by atoms with E-state index in [4.69, 9.17) is 9.47 Å². The van der Waals surface area contributed by atoms with Crippen molar-refractivity contribution in [2.24, 2.45) is 0 Å². The molecule has 7 heteroatoms. The fourth-order valence-electron chi connectivity index (χ4n) is 3.43. The van der Waals surface area contributed by atoms with Crippen LogP contribution in [-0.4, -0.2) is 49.3 Å². The van der Waals surface area contributed by atoms with Gasteiger partial charge in [-0.3, -0.25) is 9.59 Å². The van der Waals surface area contributed by atoms with Crippen molar-refractivity contribution in [2.75, 3.05) is 31.8 Å². The number of hydrogen-bond acceptors (Lipinski definition) is 5. The number of benzene rings is 2. The third-order valence-electron chi connectivity index (χ3n) is 4.93. The molecule has 1 heterocycles. The first-order valence-electron chi connectivity index (χ1n) is 9.58. The van der Waals surface area contributed by atoms with E-state index in [-0.39, 0.29) is 23.6 Å². The number of thioether (sulfide) groups is 1. The summed E-state index contributed by atoms with van der Waals surface area (Å²) in [7, 11) is 3.03. The number of methoxy groups -OCH3 is 2. The van der Waals surface area contributed by atoms with Crippen molar-refractivity contribution in [3.8, 4) is 11.5 Å². The zero-order valence-electron chi connectivity index (χ0n) is 16.9. The lowest BCUT2D eigenvalue weighted by atomic mass is 10.1. The number of carbonyl (C=O) groups is 2. The van der Waals surface area contributed by atoms with Crippen LogP contribution in [0, 0.1) is 0 Å². The lowest BCUT2D eigenvalue weighted by Gasteiger charge is -2.23. The molecule has 0 saturated carbocycles. The SMILES string of the molecule is COc1cc(C(=O)N2CCCC2C)cc(NC(=O)CSc2ccccc2)c1OC. The van der Waals surface area contributed by atoms with Crippen molar-refractivity contribution in [1.29, 1.82) is 0 Å². The van der Waals surface area contributed by atoms with Gasteiger partial charge in [0.15, 0.2) is 11.5 Å². The molecule has 1 saturated heterocycles. The number of amides is 2. The van der Waals surface area contributed by atoms with Crippen LogP contribution in [0.4, 0.5) is 5.69 Å². The second-order valence-electron chi connectivity index (χ2n) is 6.90. The van der Waals surface area contributed by atoms with Crippen LogP contribution in [0.5, 0.6) is 11.5 Å². The summed E-state index contributed by atoms with van der Waals surface area (Å²) in [5.74, 6) is 0.813. The normalized spacial score (nSPS) is 15.8. The fraction of sp³-hybridized carbons (Fsp3) is 0.364. The maximum Gasteiger partial charge on any atom is 0.254 e. The molecule has 0 aliphatic carbocycles. The molecule has 1 N–H and O–H groups in total. The smallest absolute Gasteiger partial charge is 0.254 e. The molecule has 1 aliphatic rings. The van der Waals surface area contributed by atoms with E-state index in [9.17, 15) is 9.59 Å². The van der Waals surface area contributed by atoms with E-state index in [0.29, 0.717) is 22.7 Å². The Morgan fingerprint density at radius 1 is 1.17 bits per heavy atom. The first kappa shape index (κ1) is 21.0. The van der Waals surface area contributed by atoms with Crippen LogP contribution < -0.4 is 14.8 Å². The van der Waals surface area contributed by atoms with Gasteiger partial charge in [0.25, 0.3) is 5.91 Å². The van der Waals surface area contributed by atoms with Gasteiger partial charge in [-0.1, -0.05) is 18.2 Å². The van der Waals surface area contributed by atoms with Gasteiger partial charge in [-0.15, -0.1) is 11.8 Å². The minimum atomic E-state index is -0.182. The molecule has 2 amide bonds. The van der Waals surface area contributed by atoms with Crippen LogP contribution >= 0.6 is 11.8 Å². The summed E-state index contributed by atoms with van der Waals surface area (Å²) < 4.78 is 10.9. The van der Waals surface area contributed by atoms with Crippen LogP contribution in [-0.2, 0) is 4.79 Å². The third-order valence-corrected chi connectivity index (χ3v) is 5.94. The van der Waals surface area contributed by atoms with Gasteiger partial charge in [-0.2, -0.15) is 0 Å². The van der Waals surface area contributed by atoms with Crippen LogP contribution in [0.3, 0.4) is 0 Å². The van der Waals surface area contributed by atoms with Crippen molar-refractivity contribution in [2.45, 2.75) is 30.7 Å². The number of carbonyl (C=O) groups excluding carboxylic acids is 2. The van der Waals surface area contributed by atoms with E-state index in [2.05, 4.69) is 12.2 Å². The standard InChI is InChI=1S/C22H26N2O4S/c1-15-8-7-11-24(15)22(26)16-12-18(21(28-3)19(13-16)27-2)23-20(25)14-29-17-9-5-4-6-10-17/h4-6,9-10,12-13,15H,7-8,11,14H2,1-3H3,(H,23,25). The van der Waals surface area contributed by atoms with Crippen LogP contribution in [0.25, 0.3) is 0 Å². The summed E-state index contributed by atoms with van der Waals surface area (Å²) in [6.45, 7) is 2.79. The Labute approximate surface area is 175 Å². The number of anilines is 1. The highest BCUT2D eigenvalue weighted by Crippen LogP contribution is 2.37. The molecule has 0 bridgehead atoms. The molecule has 3 rings (SSSR count). The molecule has 6 nitrogen and oxygen atoms in total. The summed E-state index contributed by atoms with van der Waals surface area (Å²) >= 11 is 1.44. The van der Waals surface area contributed by atoms with Crippen molar-refractivity contribution in [1.82, 2.24) is 4.90 Å². The van der Waals surface area contributed by atoms with E-state index >= 15 is 0 Å². The summed E-state index contributed by atoms with van der Waals surface area (Å²) in [5.41, 5.74) is 0.906. The van der Waals surface area contributed by atoms with Crippen molar-refractivity contribution >= 4 is 29.3 Å². The summed E-state index contributed by atoms with van der Waals surface area (Å²) in [4.78, 5) is 28.4. The molecule has 0 radical (unpaired) electrons. The van der Waals surface area contributed by atoms with Crippen molar-refractivity contribution < 1.29 is 19.1 Å². The van der Waals surface area contributed by atoms with E-state index in [1.54, 1.807) is 12.1 Å².